The van der Waals surface area contributed by atoms with Crippen LogP contribution in [0.15, 0.2) is 48.5 Å². The van der Waals surface area contributed by atoms with Crippen LogP contribution in [0.1, 0.15) is 33.6 Å². The first-order valence-electron chi connectivity index (χ1n) is 8.38. The van der Waals surface area contributed by atoms with Gasteiger partial charge in [-0.25, -0.2) is 0 Å². The van der Waals surface area contributed by atoms with Gasteiger partial charge in [0.2, 0.25) is 17.5 Å². The first-order chi connectivity index (χ1) is 12.9. The summed E-state index contributed by atoms with van der Waals surface area (Å²) in [5, 5.41) is 5.42. The standard InChI is InChI=1S/C19H16N4O4/c20-16(25)11-5-7-12(8-6-11)21-18(27)19-10-9-15(24)23(19)14-4-2-1-3-13(14)17(26)22-19/h1-8H,9-10H2,(H2,20,25)(H,21,27)(H,22,26)/t19-/m1/s1. The Morgan fingerprint density at radius 3 is 2.48 bits per heavy atom. The van der Waals surface area contributed by atoms with Crippen molar-refractivity contribution in [1.82, 2.24) is 5.32 Å². The fourth-order valence-corrected chi connectivity index (χ4v) is 3.52. The Labute approximate surface area is 154 Å². The number of rotatable bonds is 3. The van der Waals surface area contributed by atoms with Crippen molar-refractivity contribution in [2.24, 2.45) is 5.73 Å². The van der Waals surface area contributed by atoms with Gasteiger partial charge in [0.1, 0.15) is 0 Å². The zero-order valence-electron chi connectivity index (χ0n) is 14.2. The molecule has 0 bridgehead atoms. The predicted molar refractivity (Wildman–Crippen MR) is 96.9 cm³/mol. The van der Waals surface area contributed by atoms with Crippen molar-refractivity contribution in [3.05, 3.63) is 59.7 Å². The number of nitrogens with zero attached hydrogens (tertiary/aromatic N) is 1. The van der Waals surface area contributed by atoms with Crippen LogP contribution in [0.2, 0.25) is 0 Å². The summed E-state index contributed by atoms with van der Waals surface area (Å²) in [5.74, 6) is -1.74. The summed E-state index contributed by atoms with van der Waals surface area (Å²) in [7, 11) is 0. The second-order valence-corrected chi connectivity index (χ2v) is 6.46. The molecule has 0 saturated carbocycles. The smallest absolute Gasteiger partial charge is 0.271 e. The Morgan fingerprint density at radius 2 is 1.78 bits per heavy atom. The fourth-order valence-electron chi connectivity index (χ4n) is 3.52. The molecule has 8 heteroatoms. The van der Waals surface area contributed by atoms with E-state index in [1.54, 1.807) is 24.3 Å². The van der Waals surface area contributed by atoms with Gasteiger partial charge in [0.05, 0.1) is 11.3 Å². The average molecular weight is 364 g/mol. The minimum atomic E-state index is -1.48. The zero-order valence-corrected chi connectivity index (χ0v) is 14.2. The first-order valence-corrected chi connectivity index (χ1v) is 8.38. The first kappa shape index (κ1) is 16.8. The van der Waals surface area contributed by atoms with E-state index in [4.69, 9.17) is 5.73 Å². The Hall–Kier alpha value is -3.68. The van der Waals surface area contributed by atoms with Gasteiger partial charge in [-0.1, -0.05) is 12.1 Å². The maximum absolute atomic E-state index is 13.1. The number of benzene rings is 2. The summed E-state index contributed by atoms with van der Waals surface area (Å²) in [6.45, 7) is 0. The van der Waals surface area contributed by atoms with Gasteiger partial charge in [0, 0.05) is 24.1 Å². The number of carbonyl (C=O) groups excluding carboxylic acids is 4. The van der Waals surface area contributed by atoms with Crippen molar-refractivity contribution in [2.45, 2.75) is 18.5 Å². The fraction of sp³-hybridized carbons (Fsp3) is 0.158. The molecular weight excluding hydrogens is 348 g/mol. The molecule has 1 atom stereocenters. The topological polar surface area (TPSA) is 122 Å². The van der Waals surface area contributed by atoms with Gasteiger partial charge in [-0.05, 0) is 36.4 Å². The Bertz CT molecular complexity index is 985. The van der Waals surface area contributed by atoms with Gasteiger partial charge < -0.3 is 16.4 Å². The molecule has 8 nitrogen and oxygen atoms in total. The van der Waals surface area contributed by atoms with Crippen LogP contribution in [0.5, 0.6) is 0 Å². The summed E-state index contributed by atoms with van der Waals surface area (Å²) in [5.41, 5.74) is 5.23. The van der Waals surface area contributed by atoms with E-state index in [9.17, 15) is 19.2 Å². The van der Waals surface area contributed by atoms with E-state index in [0.717, 1.165) is 0 Å². The number of nitrogens with one attached hydrogen (secondary N) is 2. The molecule has 136 valence electrons. The molecule has 4 rings (SSSR count). The number of primary amides is 1. The van der Waals surface area contributed by atoms with Gasteiger partial charge in [0.25, 0.3) is 11.8 Å². The van der Waals surface area contributed by atoms with Crippen molar-refractivity contribution < 1.29 is 19.2 Å². The highest BCUT2D eigenvalue weighted by Crippen LogP contribution is 2.39. The van der Waals surface area contributed by atoms with E-state index in [2.05, 4.69) is 10.6 Å². The van der Waals surface area contributed by atoms with Gasteiger partial charge in [-0.15, -0.1) is 0 Å². The molecule has 2 heterocycles. The minimum Gasteiger partial charge on any atom is -0.366 e. The molecule has 2 aliphatic rings. The molecule has 2 aromatic rings. The highest BCUT2D eigenvalue weighted by molar-refractivity contribution is 6.18. The van der Waals surface area contributed by atoms with E-state index in [-0.39, 0.29) is 18.7 Å². The van der Waals surface area contributed by atoms with E-state index < -0.39 is 23.4 Å². The van der Waals surface area contributed by atoms with E-state index in [1.807, 2.05) is 0 Å². The average Bonchev–Trinajstić information content (AvgIpc) is 3.00. The highest BCUT2D eigenvalue weighted by Gasteiger charge is 2.56. The Balaban J connectivity index is 1.69. The van der Waals surface area contributed by atoms with Crippen LogP contribution in [-0.4, -0.2) is 29.3 Å². The summed E-state index contributed by atoms with van der Waals surface area (Å²) in [6.07, 6.45) is 0.305. The monoisotopic (exact) mass is 364 g/mol. The Morgan fingerprint density at radius 1 is 1.07 bits per heavy atom. The lowest BCUT2D eigenvalue weighted by Gasteiger charge is -2.41. The van der Waals surface area contributed by atoms with Crippen molar-refractivity contribution in [2.75, 3.05) is 10.2 Å². The van der Waals surface area contributed by atoms with Gasteiger partial charge in [-0.3, -0.25) is 24.1 Å². The number of hydrogen-bond acceptors (Lipinski definition) is 4. The molecule has 27 heavy (non-hydrogen) atoms. The van der Waals surface area contributed by atoms with E-state index in [0.29, 0.717) is 22.5 Å². The predicted octanol–water partition coefficient (Wildman–Crippen LogP) is 0.991. The van der Waals surface area contributed by atoms with Crippen molar-refractivity contribution >= 4 is 35.0 Å². The highest BCUT2D eigenvalue weighted by atomic mass is 16.2. The van der Waals surface area contributed by atoms with Crippen LogP contribution < -0.4 is 21.3 Å². The van der Waals surface area contributed by atoms with Crippen molar-refractivity contribution in [3.8, 4) is 0 Å². The molecular formula is C19H16N4O4. The lowest BCUT2D eigenvalue weighted by atomic mass is 9.98. The largest absolute Gasteiger partial charge is 0.366 e. The van der Waals surface area contributed by atoms with E-state index >= 15 is 0 Å². The number of nitrogens with two attached hydrogens (primary N) is 1. The molecule has 0 unspecified atom stereocenters. The minimum absolute atomic E-state index is 0.142. The molecule has 4 N–H and O–H groups in total. The third-order valence-corrected chi connectivity index (χ3v) is 4.84. The summed E-state index contributed by atoms with van der Waals surface area (Å²) >= 11 is 0. The van der Waals surface area contributed by atoms with Crippen LogP contribution in [0, 0.1) is 0 Å². The third-order valence-electron chi connectivity index (χ3n) is 4.84. The lowest BCUT2D eigenvalue weighted by Crippen LogP contribution is -2.68. The molecule has 0 spiro atoms. The molecule has 0 aromatic heterocycles. The second-order valence-electron chi connectivity index (χ2n) is 6.46. The number of anilines is 2. The summed E-state index contributed by atoms with van der Waals surface area (Å²) in [4.78, 5) is 50.6. The quantitative estimate of drug-likeness (QED) is 0.752. The van der Waals surface area contributed by atoms with E-state index in [1.165, 1.54) is 29.2 Å². The number of fused-ring (bicyclic) bond motifs is 3. The number of amides is 4. The molecule has 2 aliphatic heterocycles. The third kappa shape index (κ3) is 2.53. The van der Waals surface area contributed by atoms with Crippen LogP contribution in [0.3, 0.4) is 0 Å². The van der Waals surface area contributed by atoms with Crippen LogP contribution in [0.4, 0.5) is 11.4 Å². The molecule has 1 saturated heterocycles. The maximum atomic E-state index is 13.1. The molecule has 0 radical (unpaired) electrons. The van der Waals surface area contributed by atoms with Crippen molar-refractivity contribution in [3.63, 3.8) is 0 Å². The van der Waals surface area contributed by atoms with Gasteiger partial charge >= 0.3 is 0 Å². The van der Waals surface area contributed by atoms with Gasteiger partial charge in [0.15, 0.2) is 0 Å². The second kappa shape index (κ2) is 5.94. The molecule has 1 fully saturated rings. The lowest BCUT2D eigenvalue weighted by molar-refractivity contribution is -0.124. The van der Waals surface area contributed by atoms with Crippen LogP contribution in [-0.2, 0) is 9.59 Å². The molecule has 2 aromatic carbocycles. The maximum Gasteiger partial charge on any atom is 0.271 e. The van der Waals surface area contributed by atoms with Crippen LogP contribution in [0.25, 0.3) is 0 Å². The van der Waals surface area contributed by atoms with Crippen molar-refractivity contribution in [1.29, 1.82) is 0 Å². The normalized spacial score (nSPS) is 20.5. The Kier molecular flexibility index (Phi) is 3.69. The molecule has 0 aliphatic carbocycles. The zero-order chi connectivity index (χ0) is 19.2. The summed E-state index contributed by atoms with van der Waals surface area (Å²) < 4.78 is 0. The number of hydrogen-bond donors (Lipinski definition) is 3. The number of para-hydroxylation sites is 1. The van der Waals surface area contributed by atoms with Gasteiger partial charge in [-0.2, -0.15) is 0 Å². The SMILES string of the molecule is NC(=O)c1ccc(NC(=O)[C@@]23CCC(=O)N2c2ccccc2C(=O)N3)cc1. The summed E-state index contributed by atoms with van der Waals surface area (Å²) in [6, 6.07) is 12.7. The number of carbonyl (C=O) groups is 4. The molecule has 4 amide bonds. The van der Waals surface area contributed by atoms with Crippen LogP contribution >= 0.6 is 0 Å².